The molecule has 0 aliphatic rings. The monoisotopic (exact) mass is 179 g/mol. The summed E-state index contributed by atoms with van der Waals surface area (Å²) in [6.45, 7) is 2.04. The lowest BCUT2D eigenvalue weighted by molar-refractivity contribution is 0.875. The van der Waals surface area contributed by atoms with Gasteiger partial charge in [-0.1, -0.05) is 21.4 Å². The fourth-order valence-electron chi connectivity index (χ4n) is 1.27. The van der Waals surface area contributed by atoms with Crippen LogP contribution >= 0.6 is 9.24 Å². The number of hydrogen-bond donors (Lipinski definition) is 1. The Bertz CT molecular complexity index is 433. The topological polar surface area (TPSA) is 43.8 Å². The van der Waals surface area contributed by atoms with Crippen molar-refractivity contribution in [2.75, 3.05) is 5.84 Å². The summed E-state index contributed by atoms with van der Waals surface area (Å²) < 4.78 is 0. The highest BCUT2D eigenvalue weighted by atomic mass is 31.0. The van der Waals surface area contributed by atoms with Crippen LogP contribution < -0.4 is 11.3 Å². The molecule has 1 atom stereocenters. The van der Waals surface area contributed by atoms with Gasteiger partial charge in [0.05, 0.1) is 11.0 Å². The molecule has 4 heteroatoms. The highest BCUT2D eigenvalue weighted by molar-refractivity contribution is 7.27. The maximum absolute atomic E-state index is 5.64. The van der Waals surface area contributed by atoms with Gasteiger partial charge < -0.3 is 5.84 Å². The second-order valence-electron chi connectivity index (χ2n) is 2.85. The normalized spacial score (nSPS) is 10.8. The summed E-state index contributed by atoms with van der Waals surface area (Å²) in [5.74, 6) is 5.64. The van der Waals surface area contributed by atoms with Crippen molar-refractivity contribution < 1.29 is 0 Å². The van der Waals surface area contributed by atoms with Crippen LogP contribution in [0.2, 0.25) is 0 Å². The summed E-state index contributed by atoms with van der Waals surface area (Å²) in [7, 11) is 2.57. The molecule has 0 aliphatic heterocycles. The Labute approximate surface area is 72.7 Å². The van der Waals surface area contributed by atoms with Crippen LogP contribution in [-0.2, 0) is 0 Å². The summed E-state index contributed by atoms with van der Waals surface area (Å²) in [6.07, 6.45) is 0. The molecule has 0 fully saturated rings. The third-order valence-electron chi connectivity index (χ3n) is 1.89. The molecule has 0 bridgehead atoms. The maximum atomic E-state index is 5.64. The molecule has 0 spiro atoms. The number of aromatic nitrogens is 2. The van der Waals surface area contributed by atoms with Crippen LogP contribution in [0.4, 0.5) is 0 Å². The van der Waals surface area contributed by atoms with Crippen molar-refractivity contribution in [3.05, 3.63) is 23.8 Å². The van der Waals surface area contributed by atoms with Crippen molar-refractivity contribution in [3.8, 4) is 0 Å². The van der Waals surface area contributed by atoms with Crippen molar-refractivity contribution in [3.63, 3.8) is 0 Å². The second kappa shape index (κ2) is 2.46. The molecule has 0 radical (unpaired) electrons. The lowest BCUT2D eigenvalue weighted by atomic mass is 10.2. The quantitative estimate of drug-likeness (QED) is 0.474. The number of nitrogens with two attached hydrogens (primary N) is 1. The Morgan fingerprint density at radius 3 is 3.00 bits per heavy atom. The number of rotatable bonds is 0. The van der Waals surface area contributed by atoms with E-state index < -0.39 is 0 Å². The molecular weight excluding hydrogens is 169 g/mol. The van der Waals surface area contributed by atoms with Gasteiger partial charge in [0.2, 0.25) is 0 Å². The Hall–Kier alpha value is -1.08. The van der Waals surface area contributed by atoms with E-state index in [0.29, 0.717) is 0 Å². The fraction of sp³-hybridized carbons (Fsp3) is 0.125. The molecule has 2 aromatic rings. The molecule has 0 saturated heterocycles. The predicted octanol–water partition coefficient (Wildman–Crippen LogP) is 0.559. The van der Waals surface area contributed by atoms with Gasteiger partial charge in [-0.05, 0) is 18.6 Å². The van der Waals surface area contributed by atoms with Gasteiger partial charge in [-0.15, -0.1) is 0 Å². The number of nitrogen functional groups attached to an aromatic ring is 1. The van der Waals surface area contributed by atoms with Gasteiger partial charge in [0, 0.05) is 5.39 Å². The first-order valence-corrected chi connectivity index (χ1v) is 4.26. The summed E-state index contributed by atoms with van der Waals surface area (Å²) in [5.41, 5.74) is 3.06. The van der Waals surface area contributed by atoms with E-state index in [1.54, 1.807) is 0 Å². The first-order valence-electron chi connectivity index (χ1n) is 3.68. The van der Waals surface area contributed by atoms with Crippen molar-refractivity contribution in [1.29, 1.82) is 0 Å². The molecule has 0 saturated carbocycles. The Kier molecular flexibility index (Phi) is 1.55. The first-order chi connectivity index (χ1) is 5.68. The zero-order chi connectivity index (χ0) is 8.72. The van der Waals surface area contributed by atoms with Gasteiger partial charge in [0.15, 0.2) is 0 Å². The fourth-order valence-corrected chi connectivity index (χ4v) is 1.64. The van der Waals surface area contributed by atoms with Crippen LogP contribution in [0.3, 0.4) is 0 Å². The van der Waals surface area contributed by atoms with E-state index in [2.05, 4.69) is 20.4 Å². The molecule has 62 valence electrons. The van der Waals surface area contributed by atoms with Gasteiger partial charge in [0.25, 0.3) is 0 Å². The molecule has 0 aliphatic carbocycles. The lowest BCUT2D eigenvalue weighted by Gasteiger charge is -1.94. The second-order valence-corrected chi connectivity index (χ2v) is 3.40. The number of nitrogens with zero attached hydrogens (tertiary/aromatic N) is 2. The van der Waals surface area contributed by atoms with Gasteiger partial charge in [0.1, 0.15) is 0 Å². The standard InChI is InChI=1S/C8H10N3P/c1-5-2-3-6-7(4-5)11(9)10-8(6)12/h2-4H,9,12H2,1H3. The summed E-state index contributed by atoms with van der Waals surface area (Å²) in [5, 5.41) is 5.18. The molecule has 12 heavy (non-hydrogen) atoms. The smallest absolute Gasteiger partial charge is 0.0925 e. The zero-order valence-electron chi connectivity index (χ0n) is 6.78. The van der Waals surface area contributed by atoms with Crippen molar-refractivity contribution in [2.24, 2.45) is 0 Å². The van der Waals surface area contributed by atoms with Crippen LogP contribution in [0.15, 0.2) is 18.2 Å². The highest BCUT2D eigenvalue weighted by Gasteiger charge is 2.03. The number of benzene rings is 1. The van der Waals surface area contributed by atoms with Crippen LogP contribution in [0, 0.1) is 6.92 Å². The third kappa shape index (κ3) is 0.978. The van der Waals surface area contributed by atoms with Gasteiger partial charge in [-0.2, -0.15) is 9.89 Å². The molecule has 1 unspecified atom stereocenters. The van der Waals surface area contributed by atoms with Crippen LogP contribution in [0.25, 0.3) is 10.9 Å². The van der Waals surface area contributed by atoms with Gasteiger partial charge >= 0.3 is 0 Å². The van der Waals surface area contributed by atoms with E-state index in [-0.39, 0.29) is 0 Å². The average Bonchev–Trinajstić information content (AvgIpc) is 2.28. The van der Waals surface area contributed by atoms with Crippen molar-refractivity contribution in [1.82, 2.24) is 9.89 Å². The molecule has 2 rings (SSSR count). The molecule has 3 nitrogen and oxygen atoms in total. The van der Waals surface area contributed by atoms with Crippen molar-refractivity contribution in [2.45, 2.75) is 6.92 Å². The van der Waals surface area contributed by atoms with Crippen LogP contribution in [-0.4, -0.2) is 9.89 Å². The van der Waals surface area contributed by atoms with E-state index in [4.69, 9.17) is 5.84 Å². The summed E-state index contributed by atoms with van der Waals surface area (Å²) >= 11 is 0. The lowest BCUT2D eigenvalue weighted by Crippen LogP contribution is -2.11. The Balaban J connectivity index is 2.90. The summed E-state index contributed by atoms with van der Waals surface area (Å²) in [4.78, 5) is 1.41. The van der Waals surface area contributed by atoms with E-state index >= 15 is 0 Å². The minimum Gasteiger partial charge on any atom is -0.323 e. The highest BCUT2D eigenvalue weighted by Crippen LogP contribution is 2.13. The zero-order valence-corrected chi connectivity index (χ0v) is 7.94. The molecular formula is C8H10N3P. The molecule has 1 heterocycles. The van der Waals surface area contributed by atoms with E-state index in [1.807, 2.05) is 19.1 Å². The molecule has 2 N–H and O–H groups in total. The number of hydrogen-bond acceptors (Lipinski definition) is 2. The number of fused-ring (bicyclic) bond motifs is 1. The SMILES string of the molecule is Cc1ccc2c(P)nn(N)c2c1. The summed E-state index contributed by atoms with van der Waals surface area (Å²) in [6, 6.07) is 6.11. The number of aryl methyl sites for hydroxylation is 1. The molecule has 0 amide bonds. The molecule has 1 aromatic heterocycles. The first kappa shape index (κ1) is 7.56. The maximum Gasteiger partial charge on any atom is 0.0925 e. The largest absolute Gasteiger partial charge is 0.323 e. The van der Waals surface area contributed by atoms with E-state index in [9.17, 15) is 0 Å². The van der Waals surface area contributed by atoms with E-state index in [0.717, 1.165) is 16.3 Å². The van der Waals surface area contributed by atoms with Gasteiger partial charge in [-0.3, -0.25) is 0 Å². The third-order valence-corrected chi connectivity index (χ3v) is 2.32. The van der Waals surface area contributed by atoms with Gasteiger partial charge in [-0.25, -0.2) is 0 Å². The van der Waals surface area contributed by atoms with Crippen LogP contribution in [0.1, 0.15) is 5.56 Å². The Morgan fingerprint density at radius 2 is 2.25 bits per heavy atom. The van der Waals surface area contributed by atoms with E-state index in [1.165, 1.54) is 10.4 Å². The van der Waals surface area contributed by atoms with Crippen molar-refractivity contribution >= 4 is 25.6 Å². The minimum atomic E-state index is 0.896. The predicted molar refractivity (Wildman–Crippen MR) is 54.0 cm³/mol. The van der Waals surface area contributed by atoms with Crippen LogP contribution in [0.5, 0.6) is 0 Å². The minimum absolute atomic E-state index is 0.896. The Morgan fingerprint density at radius 1 is 1.50 bits per heavy atom. The average molecular weight is 179 g/mol. The molecule has 1 aromatic carbocycles.